The molecule has 2 aromatic rings. The van der Waals surface area contributed by atoms with Crippen LogP contribution in [0, 0.1) is 0 Å². The second kappa shape index (κ2) is 5.10. The number of hydrogen-bond donors (Lipinski definition) is 1. The Morgan fingerprint density at radius 2 is 2.10 bits per heavy atom. The summed E-state index contributed by atoms with van der Waals surface area (Å²) in [5.74, 6) is -1.05. The molecule has 0 fully saturated rings. The monoisotopic (exact) mass is 313 g/mol. The summed E-state index contributed by atoms with van der Waals surface area (Å²) in [6.07, 6.45) is -3.13. The minimum Gasteiger partial charge on any atom is -0.325 e. The number of aromatic nitrogens is 2. The van der Waals surface area contributed by atoms with Crippen LogP contribution in [-0.2, 0) is 11.3 Å². The highest BCUT2D eigenvalue weighted by Crippen LogP contribution is 2.33. The zero-order valence-electron chi connectivity index (χ0n) is 10.6. The summed E-state index contributed by atoms with van der Waals surface area (Å²) < 4.78 is 39.0. The maximum absolute atomic E-state index is 12.4. The third-order valence-corrected chi connectivity index (χ3v) is 3.98. The van der Waals surface area contributed by atoms with Gasteiger partial charge in [-0.25, -0.2) is 4.98 Å². The lowest BCUT2D eigenvalue weighted by Gasteiger charge is -2.11. The molecule has 8 heteroatoms. The van der Waals surface area contributed by atoms with Crippen molar-refractivity contribution in [2.24, 2.45) is 0 Å². The molecule has 3 rings (SSSR count). The number of alkyl halides is 3. The topological polar surface area (TPSA) is 46.9 Å². The van der Waals surface area contributed by atoms with Crippen molar-refractivity contribution < 1.29 is 18.0 Å². The summed E-state index contributed by atoms with van der Waals surface area (Å²) in [6, 6.07) is 6.31. The maximum Gasteiger partial charge on any atom is 0.471 e. The fourth-order valence-electron chi connectivity index (χ4n) is 2.05. The van der Waals surface area contributed by atoms with Crippen molar-refractivity contribution in [1.29, 1.82) is 0 Å². The van der Waals surface area contributed by atoms with Crippen LogP contribution in [0.4, 0.5) is 18.9 Å². The number of carbonyl (C=O) groups excluding carboxylic acids is 1. The number of nitrogens with one attached hydrogen (secondary N) is 1. The minimum absolute atomic E-state index is 0.0987. The van der Waals surface area contributed by atoms with Gasteiger partial charge >= 0.3 is 12.1 Å². The molecule has 0 aliphatic carbocycles. The number of para-hydroxylation sites is 1. The first kappa shape index (κ1) is 14.0. The summed E-state index contributed by atoms with van der Waals surface area (Å²) in [6.45, 7) is 0.823. The summed E-state index contributed by atoms with van der Waals surface area (Å²) in [7, 11) is 0. The number of rotatable bonds is 2. The van der Waals surface area contributed by atoms with Crippen molar-refractivity contribution in [3.63, 3.8) is 0 Å². The molecule has 0 spiro atoms. The molecule has 1 N–H and O–H groups in total. The molecule has 110 valence electrons. The quantitative estimate of drug-likeness (QED) is 0.926. The van der Waals surface area contributed by atoms with E-state index in [9.17, 15) is 18.0 Å². The molecular weight excluding hydrogens is 303 g/mol. The van der Waals surface area contributed by atoms with Crippen LogP contribution in [0.15, 0.2) is 35.6 Å². The van der Waals surface area contributed by atoms with Crippen molar-refractivity contribution in [1.82, 2.24) is 9.55 Å². The molecule has 2 heterocycles. The van der Waals surface area contributed by atoms with E-state index in [2.05, 4.69) is 4.98 Å². The third kappa shape index (κ3) is 2.76. The van der Waals surface area contributed by atoms with Crippen LogP contribution in [0.25, 0.3) is 11.3 Å². The van der Waals surface area contributed by atoms with Crippen molar-refractivity contribution in [3.8, 4) is 11.3 Å². The number of halogens is 3. The van der Waals surface area contributed by atoms with Crippen molar-refractivity contribution in [2.75, 3.05) is 11.1 Å². The lowest BCUT2D eigenvalue weighted by Crippen LogP contribution is -2.30. The fourth-order valence-corrected chi connectivity index (χ4v) is 2.99. The highest BCUT2D eigenvalue weighted by Gasteiger charge is 2.39. The number of carbonyl (C=O) groups is 1. The van der Waals surface area contributed by atoms with E-state index < -0.39 is 12.1 Å². The van der Waals surface area contributed by atoms with E-state index in [-0.39, 0.29) is 5.69 Å². The second-order valence-electron chi connectivity index (χ2n) is 4.45. The first-order chi connectivity index (χ1) is 9.95. The molecule has 0 bridgehead atoms. The van der Waals surface area contributed by atoms with Gasteiger partial charge in [-0.05, 0) is 6.07 Å². The second-order valence-corrected chi connectivity index (χ2v) is 5.51. The van der Waals surface area contributed by atoms with Gasteiger partial charge in [0.1, 0.15) is 0 Å². The van der Waals surface area contributed by atoms with Gasteiger partial charge in [0.25, 0.3) is 0 Å². The highest BCUT2D eigenvalue weighted by molar-refractivity contribution is 7.99. The van der Waals surface area contributed by atoms with Crippen LogP contribution in [0.5, 0.6) is 0 Å². The van der Waals surface area contributed by atoms with Crippen LogP contribution in [0.3, 0.4) is 0 Å². The number of hydrogen-bond acceptors (Lipinski definition) is 3. The SMILES string of the molecule is O=C(Nc1ccccc1-c1cn2c(n1)SCC2)C(F)(F)F. The number of nitrogens with zero attached hydrogens (tertiary/aromatic N) is 2. The van der Waals surface area contributed by atoms with E-state index in [1.165, 1.54) is 6.07 Å². The number of fused-ring (bicyclic) bond motifs is 1. The molecule has 1 aromatic heterocycles. The van der Waals surface area contributed by atoms with E-state index in [0.717, 1.165) is 17.5 Å². The molecule has 21 heavy (non-hydrogen) atoms. The van der Waals surface area contributed by atoms with E-state index in [1.807, 2.05) is 9.88 Å². The number of aryl methyl sites for hydroxylation is 1. The molecule has 1 aromatic carbocycles. The standard InChI is InChI=1S/C13H10F3N3OS/c14-13(15,16)11(20)17-9-4-2-1-3-8(9)10-7-19-5-6-21-12(19)18-10/h1-4,7H,5-6H2,(H,17,20). The Morgan fingerprint density at radius 3 is 2.81 bits per heavy atom. The molecule has 0 saturated heterocycles. The predicted octanol–water partition coefficient (Wildman–Crippen LogP) is 3.16. The van der Waals surface area contributed by atoms with Crippen LogP contribution < -0.4 is 5.32 Å². The van der Waals surface area contributed by atoms with Gasteiger partial charge < -0.3 is 9.88 Å². The number of amides is 1. The Labute approximate surface area is 122 Å². The summed E-state index contributed by atoms with van der Waals surface area (Å²) >= 11 is 1.59. The van der Waals surface area contributed by atoms with Crippen molar-refractivity contribution in [2.45, 2.75) is 17.9 Å². The smallest absolute Gasteiger partial charge is 0.325 e. The van der Waals surface area contributed by atoms with E-state index in [0.29, 0.717) is 11.3 Å². The van der Waals surface area contributed by atoms with Crippen LogP contribution in [0.1, 0.15) is 0 Å². The molecule has 0 unspecified atom stereocenters. The van der Waals surface area contributed by atoms with E-state index >= 15 is 0 Å². The Bertz CT molecular complexity index is 675. The van der Waals surface area contributed by atoms with E-state index in [1.54, 1.807) is 36.2 Å². The number of anilines is 1. The normalized spacial score (nSPS) is 14.0. The number of imidazole rings is 1. The van der Waals surface area contributed by atoms with Gasteiger partial charge in [-0.1, -0.05) is 30.0 Å². The summed E-state index contributed by atoms with van der Waals surface area (Å²) in [5.41, 5.74) is 1.12. The molecule has 1 aliphatic heterocycles. The minimum atomic E-state index is -4.92. The molecule has 0 radical (unpaired) electrons. The third-order valence-electron chi connectivity index (χ3n) is 3.01. The van der Waals surface area contributed by atoms with Gasteiger partial charge in [-0.2, -0.15) is 13.2 Å². The maximum atomic E-state index is 12.4. The molecular formula is C13H10F3N3OS. The summed E-state index contributed by atoms with van der Waals surface area (Å²) in [5, 5.41) is 2.73. The number of thioether (sulfide) groups is 1. The Balaban J connectivity index is 1.94. The zero-order chi connectivity index (χ0) is 15.0. The van der Waals surface area contributed by atoms with Crippen LogP contribution in [-0.4, -0.2) is 27.4 Å². The average Bonchev–Trinajstić information content (AvgIpc) is 2.99. The fraction of sp³-hybridized carbons (Fsp3) is 0.231. The molecule has 4 nitrogen and oxygen atoms in total. The first-order valence-corrected chi connectivity index (χ1v) is 7.11. The van der Waals surface area contributed by atoms with E-state index in [4.69, 9.17) is 0 Å². The van der Waals surface area contributed by atoms with Gasteiger partial charge in [0.15, 0.2) is 5.16 Å². The Kier molecular flexibility index (Phi) is 3.40. The molecule has 1 amide bonds. The predicted molar refractivity (Wildman–Crippen MR) is 73.1 cm³/mol. The zero-order valence-corrected chi connectivity index (χ0v) is 11.5. The van der Waals surface area contributed by atoms with Gasteiger partial charge in [-0.3, -0.25) is 4.79 Å². The molecule has 0 saturated carbocycles. The highest BCUT2D eigenvalue weighted by atomic mass is 32.2. The summed E-state index contributed by atoms with van der Waals surface area (Å²) in [4.78, 5) is 15.5. The average molecular weight is 313 g/mol. The lowest BCUT2D eigenvalue weighted by molar-refractivity contribution is -0.167. The van der Waals surface area contributed by atoms with Crippen molar-refractivity contribution >= 4 is 23.4 Å². The molecule has 1 aliphatic rings. The lowest BCUT2D eigenvalue weighted by atomic mass is 10.1. The Hall–Kier alpha value is -1.96. The first-order valence-electron chi connectivity index (χ1n) is 6.13. The van der Waals surface area contributed by atoms with Gasteiger partial charge in [0.05, 0.1) is 11.4 Å². The van der Waals surface area contributed by atoms with Gasteiger partial charge in [0, 0.05) is 24.1 Å². The number of benzene rings is 1. The largest absolute Gasteiger partial charge is 0.471 e. The van der Waals surface area contributed by atoms with Crippen LogP contribution >= 0.6 is 11.8 Å². The van der Waals surface area contributed by atoms with Crippen molar-refractivity contribution in [3.05, 3.63) is 30.5 Å². The van der Waals surface area contributed by atoms with Gasteiger partial charge in [-0.15, -0.1) is 0 Å². The Morgan fingerprint density at radius 1 is 1.33 bits per heavy atom. The van der Waals surface area contributed by atoms with Crippen LogP contribution in [0.2, 0.25) is 0 Å². The molecule has 0 atom stereocenters. The van der Waals surface area contributed by atoms with Gasteiger partial charge in [0.2, 0.25) is 0 Å².